The summed E-state index contributed by atoms with van der Waals surface area (Å²) in [5, 5.41) is 0. The quantitative estimate of drug-likeness (QED) is 0.341. The Labute approximate surface area is 237 Å². The number of allylic oxidation sites excluding steroid dienone is 1. The summed E-state index contributed by atoms with van der Waals surface area (Å²) >= 11 is 0. The predicted octanol–water partition coefficient (Wildman–Crippen LogP) is 2.44. The Bertz CT molecular complexity index is 1230. The van der Waals surface area contributed by atoms with Crippen molar-refractivity contribution in [1.82, 2.24) is 19.8 Å². The number of aromatic nitrogens is 2. The fourth-order valence-electron chi connectivity index (χ4n) is 5.97. The zero-order valence-corrected chi connectivity index (χ0v) is 23.6. The van der Waals surface area contributed by atoms with Crippen LogP contribution in [0.2, 0.25) is 0 Å². The number of carbonyl (C=O) groups excluding carboxylic acids is 1. The normalized spacial score (nSPS) is 19.3. The molecular weight excluding hydrogens is 504 g/mol. The standard InChI is InChI=1S/C30H42N8O2/c1-2-40-27(39)19-33-18-25(17-31)28-29(32)34-21-35-30(28)38-14-12-37(13-15-38)26(20-36-10-5-11-36)24-9-8-22-6-3-4-7-23(22)16-24/h8-9,16-18,21,26H,2-7,10-15,19-20,31H2,1H3,(H2,32,34,35). The Kier molecular flexibility index (Phi) is 9.28. The number of benzene rings is 1. The number of hydrogen-bond donors (Lipinski definition) is 2. The third-order valence-electron chi connectivity index (χ3n) is 8.27. The Morgan fingerprint density at radius 2 is 1.85 bits per heavy atom. The summed E-state index contributed by atoms with van der Waals surface area (Å²) in [5.74, 6) is 0.673. The average molecular weight is 547 g/mol. The topological polar surface area (TPSA) is 126 Å². The maximum absolute atomic E-state index is 11.7. The number of rotatable bonds is 10. The molecule has 1 aromatic carbocycles. The van der Waals surface area contributed by atoms with Gasteiger partial charge in [-0.2, -0.15) is 0 Å². The van der Waals surface area contributed by atoms with Crippen LogP contribution < -0.4 is 16.4 Å². The second-order valence-corrected chi connectivity index (χ2v) is 10.8. The first-order valence-corrected chi connectivity index (χ1v) is 14.6. The van der Waals surface area contributed by atoms with Crippen LogP contribution in [0.15, 0.2) is 35.7 Å². The first-order valence-electron chi connectivity index (χ1n) is 14.6. The highest BCUT2D eigenvalue weighted by Gasteiger charge is 2.30. The number of hydrogen-bond acceptors (Lipinski definition) is 10. The number of aryl methyl sites for hydroxylation is 2. The summed E-state index contributed by atoms with van der Waals surface area (Å²) in [6.07, 6.45) is 10.8. The first-order chi connectivity index (χ1) is 19.6. The van der Waals surface area contributed by atoms with Gasteiger partial charge in [-0.05, 0) is 68.8 Å². The molecule has 214 valence electrons. The molecule has 0 amide bonds. The van der Waals surface area contributed by atoms with Crippen molar-refractivity contribution in [1.29, 1.82) is 0 Å². The zero-order valence-electron chi connectivity index (χ0n) is 23.6. The Morgan fingerprint density at radius 1 is 1.07 bits per heavy atom. The van der Waals surface area contributed by atoms with Gasteiger partial charge in [-0.15, -0.1) is 0 Å². The molecule has 10 heteroatoms. The van der Waals surface area contributed by atoms with E-state index >= 15 is 0 Å². The number of carbonyl (C=O) groups is 1. The number of piperazine rings is 1. The number of esters is 1. The summed E-state index contributed by atoms with van der Waals surface area (Å²) < 4.78 is 4.96. The molecule has 2 aromatic rings. The molecule has 1 aliphatic carbocycles. The van der Waals surface area contributed by atoms with Gasteiger partial charge in [-0.25, -0.2) is 9.97 Å². The molecule has 1 unspecified atom stereocenters. The minimum absolute atomic E-state index is 0.0894. The Hall–Kier alpha value is -3.50. The van der Waals surface area contributed by atoms with Gasteiger partial charge >= 0.3 is 5.97 Å². The molecule has 2 aliphatic heterocycles. The van der Waals surface area contributed by atoms with Crippen molar-refractivity contribution >= 4 is 29.4 Å². The third-order valence-corrected chi connectivity index (χ3v) is 8.27. The number of nitrogens with zero attached hydrogens (tertiary/aromatic N) is 6. The van der Waals surface area contributed by atoms with Gasteiger partial charge in [0.2, 0.25) is 0 Å². The van der Waals surface area contributed by atoms with Gasteiger partial charge in [-0.3, -0.25) is 14.7 Å². The fraction of sp³-hybridized carbons (Fsp3) is 0.533. The molecular formula is C30H42N8O2. The summed E-state index contributed by atoms with van der Waals surface area (Å²) in [5.41, 5.74) is 18.0. The highest BCUT2D eigenvalue weighted by atomic mass is 16.5. The van der Waals surface area contributed by atoms with Crippen LogP contribution in [0.1, 0.15) is 54.5 Å². The number of nitrogens with two attached hydrogens (primary N) is 2. The van der Waals surface area contributed by atoms with Crippen molar-refractivity contribution in [2.24, 2.45) is 10.7 Å². The molecule has 3 heterocycles. The van der Waals surface area contributed by atoms with Crippen LogP contribution in [0.4, 0.5) is 11.6 Å². The summed E-state index contributed by atoms with van der Waals surface area (Å²) in [6, 6.07) is 7.61. The summed E-state index contributed by atoms with van der Waals surface area (Å²) in [7, 11) is 0. The van der Waals surface area contributed by atoms with E-state index in [-0.39, 0.29) is 6.54 Å². The van der Waals surface area contributed by atoms with Crippen molar-refractivity contribution < 1.29 is 9.53 Å². The minimum Gasteiger partial charge on any atom is -0.465 e. The molecule has 5 rings (SSSR count). The highest BCUT2D eigenvalue weighted by molar-refractivity contribution is 6.13. The molecule has 3 aliphatic rings. The van der Waals surface area contributed by atoms with Crippen LogP contribution in [-0.2, 0) is 22.4 Å². The van der Waals surface area contributed by atoms with Crippen molar-refractivity contribution in [3.63, 3.8) is 0 Å². The third kappa shape index (κ3) is 6.45. The largest absolute Gasteiger partial charge is 0.465 e. The molecule has 0 radical (unpaired) electrons. The number of likely N-dealkylation sites (tertiary alicyclic amines) is 1. The SMILES string of the molecule is CCOC(=O)CN=CC(=CN)c1c(N)ncnc1N1CCN(C(CN2CCC2)c2ccc3c(c2)CCCC3)CC1. The van der Waals surface area contributed by atoms with Crippen LogP contribution in [-0.4, -0.2) is 90.9 Å². The van der Waals surface area contributed by atoms with Gasteiger partial charge in [0.15, 0.2) is 0 Å². The summed E-state index contributed by atoms with van der Waals surface area (Å²) in [4.78, 5) is 32.2. The number of anilines is 2. The average Bonchev–Trinajstić information content (AvgIpc) is 2.95. The van der Waals surface area contributed by atoms with Gasteiger partial charge in [-0.1, -0.05) is 18.2 Å². The van der Waals surface area contributed by atoms with Crippen LogP contribution in [0.5, 0.6) is 0 Å². The molecule has 1 atom stereocenters. The zero-order chi connectivity index (χ0) is 27.9. The first kappa shape index (κ1) is 28.0. The van der Waals surface area contributed by atoms with E-state index in [1.54, 1.807) is 18.7 Å². The van der Waals surface area contributed by atoms with Gasteiger partial charge < -0.3 is 26.0 Å². The van der Waals surface area contributed by atoms with Crippen molar-refractivity contribution in [3.8, 4) is 0 Å². The van der Waals surface area contributed by atoms with E-state index in [1.165, 1.54) is 68.8 Å². The number of fused-ring (bicyclic) bond motifs is 1. The van der Waals surface area contributed by atoms with Gasteiger partial charge in [0.05, 0.1) is 12.2 Å². The smallest absolute Gasteiger partial charge is 0.327 e. The molecule has 0 bridgehead atoms. The van der Waals surface area contributed by atoms with E-state index < -0.39 is 5.97 Å². The van der Waals surface area contributed by atoms with Gasteiger partial charge in [0.25, 0.3) is 0 Å². The molecule has 4 N–H and O–H groups in total. The predicted molar refractivity (Wildman–Crippen MR) is 159 cm³/mol. The monoisotopic (exact) mass is 546 g/mol. The maximum Gasteiger partial charge on any atom is 0.327 e. The Balaban J connectivity index is 1.32. The van der Waals surface area contributed by atoms with Gasteiger partial charge in [0, 0.05) is 56.8 Å². The van der Waals surface area contributed by atoms with E-state index in [0.29, 0.717) is 29.6 Å². The van der Waals surface area contributed by atoms with Crippen molar-refractivity contribution in [2.45, 2.75) is 45.1 Å². The lowest BCUT2D eigenvalue weighted by molar-refractivity contribution is -0.141. The number of aliphatic imine (C=N–C) groups is 1. The Morgan fingerprint density at radius 3 is 2.55 bits per heavy atom. The molecule has 0 spiro atoms. The molecule has 2 saturated heterocycles. The van der Waals surface area contributed by atoms with E-state index in [9.17, 15) is 4.79 Å². The van der Waals surface area contributed by atoms with E-state index in [2.05, 4.69) is 47.9 Å². The number of ether oxygens (including phenoxy) is 1. The fourth-order valence-corrected chi connectivity index (χ4v) is 5.97. The molecule has 10 nitrogen and oxygen atoms in total. The van der Waals surface area contributed by atoms with Crippen LogP contribution >= 0.6 is 0 Å². The number of nitrogen functional groups attached to an aromatic ring is 1. The maximum atomic E-state index is 11.7. The molecule has 2 fully saturated rings. The minimum atomic E-state index is -0.393. The lowest BCUT2D eigenvalue weighted by atomic mass is 9.88. The lowest BCUT2D eigenvalue weighted by Crippen LogP contribution is -2.51. The van der Waals surface area contributed by atoms with E-state index in [4.69, 9.17) is 16.2 Å². The lowest BCUT2D eigenvalue weighted by Gasteiger charge is -2.43. The van der Waals surface area contributed by atoms with E-state index in [1.807, 2.05) is 0 Å². The van der Waals surface area contributed by atoms with E-state index in [0.717, 1.165) is 38.5 Å². The summed E-state index contributed by atoms with van der Waals surface area (Å²) in [6.45, 7) is 8.89. The molecule has 40 heavy (non-hydrogen) atoms. The highest BCUT2D eigenvalue weighted by Crippen LogP contribution is 2.32. The van der Waals surface area contributed by atoms with Crippen LogP contribution in [0, 0.1) is 0 Å². The van der Waals surface area contributed by atoms with Crippen molar-refractivity contribution in [3.05, 3.63) is 53.0 Å². The van der Waals surface area contributed by atoms with Gasteiger partial charge in [0.1, 0.15) is 24.5 Å². The second kappa shape index (κ2) is 13.2. The van der Waals surface area contributed by atoms with Crippen LogP contribution in [0.3, 0.4) is 0 Å². The van der Waals surface area contributed by atoms with Crippen molar-refractivity contribution in [2.75, 3.05) is 69.6 Å². The molecule has 0 saturated carbocycles. The second-order valence-electron chi connectivity index (χ2n) is 10.8. The van der Waals surface area contributed by atoms with Crippen LogP contribution in [0.25, 0.3) is 5.57 Å². The molecule has 1 aromatic heterocycles.